The number of thiazole rings is 1. The Morgan fingerprint density at radius 1 is 1.28 bits per heavy atom. The van der Waals surface area contributed by atoms with Crippen molar-refractivity contribution < 1.29 is 29.3 Å². The molecule has 0 amide bonds. The Labute approximate surface area is 219 Å². The second-order valence-corrected chi connectivity index (χ2v) is 12.6. The molecule has 0 aromatic carbocycles. The first kappa shape index (κ1) is 29.0. The van der Waals surface area contributed by atoms with Crippen LogP contribution in [0, 0.1) is 24.2 Å². The van der Waals surface area contributed by atoms with Gasteiger partial charge in [0.25, 0.3) is 0 Å². The number of rotatable bonds is 3. The van der Waals surface area contributed by atoms with E-state index in [-0.39, 0.29) is 29.8 Å². The van der Waals surface area contributed by atoms with E-state index in [2.05, 4.69) is 11.9 Å². The zero-order chi connectivity index (χ0) is 26.8. The predicted octanol–water partition coefficient (Wildman–Crippen LogP) is 4.87. The number of aryl methyl sites for hydroxylation is 1. The molecule has 3 heterocycles. The highest BCUT2D eigenvalue weighted by molar-refractivity contribution is 7.09. The lowest BCUT2D eigenvalue weighted by Crippen LogP contribution is -2.46. The van der Waals surface area contributed by atoms with Gasteiger partial charge in [-0.15, -0.1) is 11.3 Å². The van der Waals surface area contributed by atoms with E-state index in [1.165, 1.54) is 0 Å². The number of cyclic esters (lactones) is 1. The largest absolute Gasteiger partial charge is 0.458 e. The third kappa shape index (κ3) is 6.63. The average Bonchev–Trinajstić information content (AvgIpc) is 3.24. The minimum absolute atomic E-state index is 0.0460. The van der Waals surface area contributed by atoms with Crippen LogP contribution >= 0.6 is 11.3 Å². The second-order valence-electron chi connectivity index (χ2n) is 11.5. The van der Waals surface area contributed by atoms with Gasteiger partial charge >= 0.3 is 5.97 Å². The van der Waals surface area contributed by atoms with Gasteiger partial charge in [-0.2, -0.15) is 0 Å². The number of ether oxygens (including phenoxy) is 2. The molecule has 8 heteroatoms. The first-order chi connectivity index (χ1) is 16.8. The van der Waals surface area contributed by atoms with Gasteiger partial charge in [0.1, 0.15) is 11.9 Å². The molecule has 202 valence electrons. The van der Waals surface area contributed by atoms with E-state index >= 15 is 0 Å². The summed E-state index contributed by atoms with van der Waals surface area (Å²) in [6.45, 7) is 13.1. The maximum atomic E-state index is 13.4. The monoisotopic (exact) mass is 521 g/mol. The molecule has 3 rings (SSSR count). The molecule has 2 aliphatic rings. The van der Waals surface area contributed by atoms with Crippen LogP contribution in [0.4, 0.5) is 0 Å². The molecule has 0 aliphatic carbocycles. The zero-order valence-corrected chi connectivity index (χ0v) is 23.6. The maximum absolute atomic E-state index is 13.4. The molecule has 2 unspecified atom stereocenters. The molecule has 7 atom stereocenters. The second kappa shape index (κ2) is 11.4. The van der Waals surface area contributed by atoms with Crippen LogP contribution in [-0.4, -0.2) is 57.0 Å². The van der Waals surface area contributed by atoms with Crippen LogP contribution in [0.2, 0.25) is 0 Å². The van der Waals surface area contributed by atoms with Crippen molar-refractivity contribution in [3.8, 4) is 0 Å². The molecular weight excluding hydrogens is 478 g/mol. The van der Waals surface area contributed by atoms with Crippen LogP contribution in [0.1, 0.15) is 90.8 Å². The molecule has 2 saturated heterocycles. The highest BCUT2D eigenvalue weighted by Gasteiger charge is 2.53. The Morgan fingerprint density at radius 3 is 2.58 bits per heavy atom. The predicted molar refractivity (Wildman–Crippen MR) is 140 cm³/mol. The Balaban J connectivity index is 1.87. The number of aromatic nitrogens is 1. The minimum atomic E-state index is -1.23. The van der Waals surface area contributed by atoms with E-state index in [1.54, 1.807) is 25.2 Å². The molecule has 7 nitrogen and oxygen atoms in total. The first-order valence-electron chi connectivity index (χ1n) is 13.2. The van der Waals surface area contributed by atoms with E-state index in [0.29, 0.717) is 12.8 Å². The van der Waals surface area contributed by atoms with E-state index in [9.17, 15) is 19.8 Å². The van der Waals surface area contributed by atoms with Crippen LogP contribution in [0.15, 0.2) is 11.0 Å². The van der Waals surface area contributed by atoms with Gasteiger partial charge in [0, 0.05) is 17.7 Å². The fourth-order valence-electron chi connectivity index (χ4n) is 5.29. The normalized spacial score (nSPS) is 36.8. The van der Waals surface area contributed by atoms with Gasteiger partial charge in [-0.25, -0.2) is 4.98 Å². The van der Waals surface area contributed by atoms with Crippen molar-refractivity contribution in [2.45, 2.75) is 117 Å². The van der Waals surface area contributed by atoms with Gasteiger partial charge in [0.2, 0.25) is 0 Å². The molecule has 36 heavy (non-hydrogen) atoms. The number of esters is 1. The van der Waals surface area contributed by atoms with E-state index in [0.717, 1.165) is 35.5 Å². The quantitative estimate of drug-likeness (QED) is 0.431. The van der Waals surface area contributed by atoms with Crippen LogP contribution in [0.3, 0.4) is 0 Å². The first-order valence-corrected chi connectivity index (χ1v) is 14.0. The lowest BCUT2D eigenvalue weighted by Gasteiger charge is -2.35. The highest BCUT2D eigenvalue weighted by Crippen LogP contribution is 2.45. The number of carbonyl (C=O) groups is 2. The van der Waals surface area contributed by atoms with E-state index in [4.69, 9.17) is 9.47 Å². The fourth-order valence-corrected chi connectivity index (χ4v) is 5.86. The minimum Gasteiger partial charge on any atom is -0.458 e. The van der Waals surface area contributed by atoms with Crippen LogP contribution in [0.25, 0.3) is 6.08 Å². The zero-order valence-electron chi connectivity index (χ0n) is 22.7. The average molecular weight is 522 g/mol. The SMILES string of the molecule is CC[C@H]1C(=O)C(C)(C)[C@H](O)CC(=O)O[C@H](/C(C)=C/c2csc(C)n2)CC2OC2(C)CCC[C@@H](C)[C@@H]1O. The van der Waals surface area contributed by atoms with Gasteiger partial charge < -0.3 is 19.7 Å². The number of fused-ring (bicyclic) bond motifs is 1. The standard InChI is InChI=1S/C28H43NO6S/c1-8-20-25(32)16(2)10-9-11-28(7)23(35-28)13-21(17(3)12-19-15-36-18(4)29-19)34-24(31)14-22(30)27(5,6)26(20)33/h12,15-16,20-23,25,30,32H,8-11,13-14H2,1-7H3/b17-12+/t16-,20-,21+,22-,23?,25+,28?/m1/s1. The number of hydrogen-bond donors (Lipinski definition) is 2. The molecule has 0 radical (unpaired) electrons. The molecule has 1 aromatic rings. The summed E-state index contributed by atoms with van der Waals surface area (Å²) in [6.07, 6.45) is 2.49. The third-order valence-corrected chi connectivity index (χ3v) is 8.98. The van der Waals surface area contributed by atoms with Gasteiger partial charge in [0.15, 0.2) is 0 Å². The van der Waals surface area contributed by atoms with Crippen molar-refractivity contribution >= 4 is 29.2 Å². The molecule has 0 spiro atoms. The fraction of sp³-hybridized carbons (Fsp3) is 0.750. The summed E-state index contributed by atoms with van der Waals surface area (Å²) in [5.74, 6) is -1.45. The lowest BCUT2D eigenvalue weighted by molar-refractivity contribution is -0.154. The molecule has 2 fully saturated rings. The van der Waals surface area contributed by atoms with Crippen molar-refractivity contribution in [2.75, 3.05) is 0 Å². The van der Waals surface area contributed by atoms with Crippen molar-refractivity contribution in [1.29, 1.82) is 0 Å². The number of epoxide rings is 1. The summed E-state index contributed by atoms with van der Waals surface area (Å²) in [5, 5.41) is 24.9. The highest BCUT2D eigenvalue weighted by atomic mass is 32.1. The number of carbonyl (C=O) groups excluding carboxylic acids is 2. The van der Waals surface area contributed by atoms with Crippen LogP contribution in [-0.2, 0) is 19.1 Å². The topological polar surface area (TPSA) is 109 Å². The lowest BCUT2D eigenvalue weighted by atomic mass is 9.71. The van der Waals surface area contributed by atoms with Crippen LogP contribution in [0.5, 0.6) is 0 Å². The van der Waals surface area contributed by atoms with Gasteiger partial charge in [-0.05, 0) is 57.6 Å². The number of ketones is 1. The Hall–Kier alpha value is -1.61. The number of aliphatic hydroxyl groups excluding tert-OH is 2. The number of aliphatic hydroxyl groups is 2. The summed E-state index contributed by atoms with van der Waals surface area (Å²) in [4.78, 5) is 30.9. The summed E-state index contributed by atoms with van der Waals surface area (Å²) < 4.78 is 12.0. The molecule has 1 aromatic heterocycles. The van der Waals surface area contributed by atoms with Crippen molar-refractivity contribution in [3.63, 3.8) is 0 Å². The maximum Gasteiger partial charge on any atom is 0.309 e. The molecular formula is C28H43NO6S. The van der Waals surface area contributed by atoms with Crippen molar-refractivity contribution in [2.24, 2.45) is 17.3 Å². The summed E-state index contributed by atoms with van der Waals surface area (Å²) in [5.41, 5.74) is 0.183. The molecule has 2 aliphatic heterocycles. The summed E-state index contributed by atoms with van der Waals surface area (Å²) in [6, 6.07) is 0. The van der Waals surface area contributed by atoms with Crippen molar-refractivity contribution in [3.05, 3.63) is 21.7 Å². The molecule has 2 N–H and O–H groups in total. The van der Waals surface area contributed by atoms with E-state index in [1.807, 2.05) is 39.2 Å². The van der Waals surface area contributed by atoms with Crippen molar-refractivity contribution in [1.82, 2.24) is 4.98 Å². The number of nitrogens with zero attached hydrogens (tertiary/aromatic N) is 1. The number of Topliss-reactive ketones (excluding diaryl/α,β-unsaturated/α-hetero) is 1. The Kier molecular flexibility index (Phi) is 9.18. The number of hydrogen-bond acceptors (Lipinski definition) is 8. The van der Waals surface area contributed by atoms with E-state index < -0.39 is 35.6 Å². The smallest absolute Gasteiger partial charge is 0.309 e. The van der Waals surface area contributed by atoms with Crippen LogP contribution < -0.4 is 0 Å². The van der Waals surface area contributed by atoms with Gasteiger partial charge in [-0.1, -0.05) is 34.1 Å². The molecule has 0 saturated carbocycles. The molecule has 0 bridgehead atoms. The van der Waals surface area contributed by atoms with Gasteiger partial charge in [0.05, 0.1) is 46.5 Å². The Morgan fingerprint density at radius 2 is 1.97 bits per heavy atom. The summed E-state index contributed by atoms with van der Waals surface area (Å²) >= 11 is 1.56. The Bertz CT molecular complexity index is 971. The van der Waals surface area contributed by atoms with Gasteiger partial charge in [-0.3, -0.25) is 9.59 Å². The summed E-state index contributed by atoms with van der Waals surface area (Å²) in [7, 11) is 0. The third-order valence-electron chi connectivity index (χ3n) is 8.19.